The van der Waals surface area contributed by atoms with Crippen molar-refractivity contribution in [1.82, 2.24) is 14.8 Å². The standard InChI is InChI=1S/C20H21ClN4O2S/c1-13-8-9-15(10-14(13)2)22-19(26)12-28-20-24-23-18(25(20)3)11-27-17-7-5-4-6-16(17)21/h4-10H,11-12H2,1-3H3,(H,22,26). The van der Waals surface area contributed by atoms with Gasteiger partial charge in [0.25, 0.3) is 0 Å². The molecule has 28 heavy (non-hydrogen) atoms. The SMILES string of the molecule is Cc1ccc(NC(=O)CSc2nnc(COc3ccccc3Cl)n2C)cc1C. The number of halogens is 1. The van der Waals surface area contributed by atoms with Gasteiger partial charge in [-0.05, 0) is 49.2 Å². The lowest BCUT2D eigenvalue weighted by molar-refractivity contribution is -0.113. The van der Waals surface area contributed by atoms with Crippen molar-refractivity contribution < 1.29 is 9.53 Å². The Morgan fingerprint density at radius 3 is 2.71 bits per heavy atom. The van der Waals surface area contributed by atoms with Crippen LogP contribution in [0.15, 0.2) is 47.6 Å². The van der Waals surface area contributed by atoms with Crippen LogP contribution in [0.2, 0.25) is 5.02 Å². The van der Waals surface area contributed by atoms with Crippen molar-refractivity contribution in [2.24, 2.45) is 7.05 Å². The molecule has 1 heterocycles. The third kappa shape index (κ3) is 5.05. The number of amides is 1. The van der Waals surface area contributed by atoms with Crippen LogP contribution in [-0.4, -0.2) is 26.4 Å². The first-order chi connectivity index (χ1) is 13.4. The van der Waals surface area contributed by atoms with E-state index in [9.17, 15) is 4.79 Å². The normalized spacial score (nSPS) is 10.7. The summed E-state index contributed by atoms with van der Waals surface area (Å²) in [5.74, 6) is 1.39. The molecule has 0 fully saturated rings. The van der Waals surface area contributed by atoms with Gasteiger partial charge in [-0.2, -0.15) is 0 Å². The van der Waals surface area contributed by atoms with Crippen molar-refractivity contribution in [3.8, 4) is 5.75 Å². The highest BCUT2D eigenvalue weighted by Gasteiger charge is 2.13. The van der Waals surface area contributed by atoms with E-state index in [1.807, 2.05) is 55.8 Å². The Labute approximate surface area is 173 Å². The molecule has 8 heteroatoms. The second-order valence-electron chi connectivity index (χ2n) is 6.31. The predicted molar refractivity (Wildman–Crippen MR) is 112 cm³/mol. The van der Waals surface area contributed by atoms with Crippen molar-refractivity contribution in [3.05, 3.63) is 64.4 Å². The number of benzene rings is 2. The number of aromatic nitrogens is 3. The first-order valence-corrected chi connectivity index (χ1v) is 10.1. The fourth-order valence-corrected chi connectivity index (χ4v) is 3.37. The van der Waals surface area contributed by atoms with Gasteiger partial charge < -0.3 is 14.6 Å². The van der Waals surface area contributed by atoms with Crippen LogP contribution in [0, 0.1) is 13.8 Å². The number of carbonyl (C=O) groups is 1. The maximum Gasteiger partial charge on any atom is 0.234 e. The van der Waals surface area contributed by atoms with E-state index in [1.54, 1.807) is 12.1 Å². The van der Waals surface area contributed by atoms with E-state index in [2.05, 4.69) is 15.5 Å². The van der Waals surface area contributed by atoms with E-state index in [-0.39, 0.29) is 18.3 Å². The molecule has 3 rings (SSSR count). The van der Waals surface area contributed by atoms with Gasteiger partial charge >= 0.3 is 0 Å². The van der Waals surface area contributed by atoms with Crippen LogP contribution in [0.4, 0.5) is 5.69 Å². The molecule has 0 aliphatic heterocycles. The van der Waals surface area contributed by atoms with Crippen LogP contribution in [0.3, 0.4) is 0 Å². The molecule has 2 aromatic carbocycles. The summed E-state index contributed by atoms with van der Waals surface area (Å²) < 4.78 is 7.51. The zero-order valence-corrected chi connectivity index (χ0v) is 17.5. The van der Waals surface area contributed by atoms with E-state index < -0.39 is 0 Å². The lowest BCUT2D eigenvalue weighted by Crippen LogP contribution is -2.14. The molecule has 1 aromatic heterocycles. The van der Waals surface area contributed by atoms with Gasteiger partial charge in [0.15, 0.2) is 11.0 Å². The number of thioether (sulfide) groups is 1. The van der Waals surface area contributed by atoms with E-state index in [4.69, 9.17) is 16.3 Å². The average molecular weight is 417 g/mol. The van der Waals surface area contributed by atoms with Gasteiger partial charge in [0, 0.05) is 12.7 Å². The topological polar surface area (TPSA) is 69.0 Å². The molecule has 0 spiro atoms. The Balaban J connectivity index is 1.54. The summed E-state index contributed by atoms with van der Waals surface area (Å²) in [5, 5.41) is 12.4. The maximum atomic E-state index is 12.2. The zero-order chi connectivity index (χ0) is 20.1. The molecule has 0 radical (unpaired) electrons. The van der Waals surface area contributed by atoms with Gasteiger partial charge in [-0.15, -0.1) is 10.2 Å². The van der Waals surface area contributed by atoms with Crippen molar-refractivity contribution in [2.45, 2.75) is 25.6 Å². The van der Waals surface area contributed by atoms with Crippen molar-refractivity contribution in [2.75, 3.05) is 11.1 Å². The second-order valence-corrected chi connectivity index (χ2v) is 7.66. The molecule has 0 atom stereocenters. The number of hydrogen-bond donors (Lipinski definition) is 1. The maximum absolute atomic E-state index is 12.2. The smallest absolute Gasteiger partial charge is 0.234 e. The molecule has 0 bridgehead atoms. The van der Waals surface area contributed by atoms with Crippen molar-refractivity contribution in [3.63, 3.8) is 0 Å². The molecule has 1 N–H and O–H groups in total. The molecule has 0 saturated heterocycles. The third-order valence-electron chi connectivity index (χ3n) is 4.24. The number of nitrogens with zero attached hydrogens (tertiary/aromatic N) is 3. The van der Waals surface area contributed by atoms with Crippen LogP contribution in [-0.2, 0) is 18.4 Å². The highest BCUT2D eigenvalue weighted by atomic mass is 35.5. The van der Waals surface area contributed by atoms with Crippen LogP contribution < -0.4 is 10.1 Å². The number of rotatable bonds is 7. The molecule has 146 valence electrons. The summed E-state index contributed by atoms with van der Waals surface area (Å²) in [7, 11) is 1.84. The predicted octanol–water partition coefficient (Wildman–Crippen LogP) is 4.40. The van der Waals surface area contributed by atoms with Gasteiger partial charge in [0.1, 0.15) is 12.4 Å². The van der Waals surface area contributed by atoms with Gasteiger partial charge in [-0.1, -0.05) is 41.6 Å². The molecule has 0 aliphatic rings. The minimum atomic E-state index is -0.0925. The van der Waals surface area contributed by atoms with Crippen LogP contribution >= 0.6 is 23.4 Å². The fraction of sp³-hybridized carbons (Fsp3) is 0.250. The molecule has 6 nitrogen and oxygen atoms in total. The van der Waals surface area contributed by atoms with Crippen LogP contribution in [0.25, 0.3) is 0 Å². The van der Waals surface area contributed by atoms with Gasteiger partial charge in [0.2, 0.25) is 5.91 Å². The van der Waals surface area contributed by atoms with E-state index in [0.717, 1.165) is 11.3 Å². The summed E-state index contributed by atoms with van der Waals surface area (Å²) >= 11 is 7.41. The number of para-hydroxylation sites is 1. The minimum Gasteiger partial charge on any atom is -0.484 e. The van der Waals surface area contributed by atoms with Crippen LogP contribution in [0.5, 0.6) is 5.75 Å². The van der Waals surface area contributed by atoms with Gasteiger partial charge in [0.05, 0.1) is 10.8 Å². The second kappa shape index (κ2) is 9.12. The molecule has 3 aromatic rings. The summed E-state index contributed by atoms with van der Waals surface area (Å²) in [6.45, 7) is 4.30. The van der Waals surface area contributed by atoms with E-state index in [0.29, 0.717) is 21.8 Å². The molecule has 0 saturated carbocycles. The summed E-state index contributed by atoms with van der Waals surface area (Å²) in [6.07, 6.45) is 0. The molecular formula is C20H21ClN4O2S. The summed E-state index contributed by atoms with van der Waals surface area (Å²) in [4.78, 5) is 12.2. The Hall–Kier alpha value is -2.51. The Morgan fingerprint density at radius 1 is 1.18 bits per heavy atom. The molecule has 1 amide bonds. The number of nitrogens with one attached hydrogen (secondary N) is 1. The van der Waals surface area contributed by atoms with Crippen LogP contribution in [0.1, 0.15) is 17.0 Å². The number of carbonyl (C=O) groups excluding carboxylic acids is 1. The molecular weight excluding hydrogens is 396 g/mol. The lowest BCUT2D eigenvalue weighted by Gasteiger charge is -2.08. The monoisotopic (exact) mass is 416 g/mol. The van der Waals surface area contributed by atoms with E-state index >= 15 is 0 Å². The highest BCUT2D eigenvalue weighted by Crippen LogP contribution is 2.24. The quantitative estimate of drug-likeness (QED) is 0.578. The number of hydrogen-bond acceptors (Lipinski definition) is 5. The number of aryl methyl sites for hydroxylation is 2. The number of ether oxygens (including phenoxy) is 1. The lowest BCUT2D eigenvalue weighted by atomic mass is 10.1. The largest absolute Gasteiger partial charge is 0.484 e. The van der Waals surface area contributed by atoms with Crippen molar-refractivity contribution in [1.29, 1.82) is 0 Å². The fourth-order valence-electron chi connectivity index (χ4n) is 2.45. The van der Waals surface area contributed by atoms with Gasteiger partial charge in [-0.25, -0.2) is 0 Å². The highest BCUT2D eigenvalue weighted by molar-refractivity contribution is 7.99. The Morgan fingerprint density at radius 2 is 1.96 bits per heavy atom. The number of anilines is 1. The van der Waals surface area contributed by atoms with Crippen molar-refractivity contribution >= 4 is 35.0 Å². The average Bonchev–Trinajstić information content (AvgIpc) is 3.02. The molecule has 0 aliphatic carbocycles. The Kier molecular flexibility index (Phi) is 6.59. The first kappa shape index (κ1) is 20.2. The Bertz CT molecular complexity index is 990. The summed E-state index contributed by atoms with van der Waals surface area (Å²) in [6, 6.07) is 13.1. The van der Waals surface area contributed by atoms with E-state index in [1.165, 1.54) is 17.3 Å². The molecule has 0 unspecified atom stereocenters. The van der Waals surface area contributed by atoms with Gasteiger partial charge in [-0.3, -0.25) is 4.79 Å². The third-order valence-corrected chi connectivity index (χ3v) is 5.57. The first-order valence-electron chi connectivity index (χ1n) is 8.69. The summed E-state index contributed by atoms with van der Waals surface area (Å²) in [5.41, 5.74) is 3.13. The minimum absolute atomic E-state index is 0.0925. The zero-order valence-electron chi connectivity index (χ0n) is 15.9.